The van der Waals surface area contributed by atoms with Gasteiger partial charge >= 0.3 is 5.97 Å². The molecular formula is C13H15ClO4. The van der Waals surface area contributed by atoms with Crippen LogP contribution in [0.15, 0.2) is 18.2 Å². The number of carboxylic acids is 1. The van der Waals surface area contributed by atoms with E-state index in [-0.39, 0.29) is 0 Å². The number of hydrogen-bond acceptors (Lipinski definition) is 3. The first-order valence-electron chi connectivity index (χ1n) is 5.81. The van der Waals surface area contributed by atoms with E-state index in [0.717, 1.165) is 12.0 Å². The van der Waals surface area contributed by atoms with Gasteiger partial charge in [-0.05, 0) is 30.5 Å². The van der Waals surface area contributed by atoms with E-state index in [0.29, 0.717) is 23.8 Å². The molecule has 5 heteroatoms. The molecule has 0 spiro atoms. The van der Waals surface area contributed by atoms with Gasteiger partial charge in [-0.3, -0.25) is 4.79 Å². The molecule has 0 bridgehead atoms. The first kappa shape index (κ1) is 13.2. The summed E-state index contributed by atoms with van der Waals surface area (Å²) in [6.07, 6.45) is 0.973. The minimum Gasteiger partial charge on any atom is -0.495 e. The van der Waals surface area contributed by atoms with Crippen molar-refractivity contribution in [1.29, 1.82) is 0 Å². The van der Waals surface area contributed by atoms with E-state index in [9.17, 15) is 9.90 Å². The molecule has 2 unspecified atom stereocenters. The van der Waals surface area contributed by atoms with Gasteiger partial charge in [-0.2, -0.15) is 0 Å². The van der Waals surface area contributed by atoms with Gasteiger partial charge < -0.3 is 14.6 Å². The van der Waals surface area contributed by atoms with Gasteiger partial charge in [0.1, 0.15) is 5.75 Å². The fourth-order valence-electron chi connectivity index (χ4n) is 2.22. The van der Waals surface area contributed by atoms with Crippen LogP contribution in [0.25, 0.3) is 0 Å². The Hall–Kier alpha value is -1.26. The molecule has 2 rings (SSSR count). The van der Waals surface area contributed by atoms with Crippen molar-refractivity contribution in [3.8, 4) is 5.75 Å². The second kappa shape index (κ2) is 5.59. The zero-order valence-corrected chi connectivity index (χ0v) is 10.8. The van der Waals surface area contributed by atoms with Gasteiger partial charge in [0, 0.05) is 6.61 Å². The fraction of sp³-hybridized carbons (Fsp3) is 0.462. The van der Waals surface area contributed by atoms with Crippen LogP contribution in [-0.4, -0.2) is 24.8 Å². The molecule has 2 atom stereocenters. The Morgan fingerprint density at radius 3 is 2.94 bits per heavy atom. The summed E-state index contributed by atoms with van der Waals surface area (Å²) in [7, 11) is 1.54. The van der Waals surface area contributed by atoms with Crippen LogP contribution in [0.2, 0.25) is 5.02 Å². The van der Waals surface area contributed by atoms with Crippen LogP contribution in [-0.2, 0) is 9.53 Å². The standard InChI is InChI=1S/C13H15ClO4/c1-17-11-5-4-8(7-10(11)14)12-9(13(15)16)3-2-6-18-12/h4-5,7,9,12H,2-3,6H2,1H3,(H,15,16). The minimum absolute atomic E-state index is 0.431. The zero-order chi connectivity index (χ0) is 13.1. The van der Waals surface area contributed by atoms with Gasteiger partial charge in [-0.25, -0.2) is 0 Å². The summed E-state index contributed by atoms with van der Waals surface area (Å²) in [5.41, 5.74) is 0.785. The largest absolute Gasteiger partial charge is 0.495 e. The van der Waals surface area contributed by atoms with Crippen molar-refractivity contribution in [3.05, 3.63) is 28.8 Å². The maximum atomic E-state index is 11.2. The first-order chi connectivity index (χ1) is 8.63. The molecule has 0 aliphatic carbocycles. The molecule has 0 radical (unpaired) electrons. The molecule has 1 N–H and O–H groups in total. The Morgan fingerprint density at radius 1 is 1.56 bits per heavy atom. The average molecular weight is 271 g/mol. The monoisotopic (exact) mass is 270 g/mol. The molecule has 98 valence electrons. The Labute approximate surface area is 110 Å². The predicted molar refractivity (Wildman–Crippen MR) is 67.1 cm³/mol. The highest BCUT2D eigenvalue weighted by Gasteiger charge is 2.33. The fourth-order valence-corrected chi connectivity index (χ4v) is 2.49. The lowest BCUT2D eigenvalue weighted by atomic mass is 9.89. The van der Waals surface area contributed by atoms with Crippen LogP contribution in [0.3, 0.4) is 0 Å². The maximum absolute atomic E-state index is 11.2. The lowest BCUT2D eigenvalue weighted by Gasteiger charge is -2.29. The molecule has 1 aliphatic heterocycles. The maximum Gasteiger partial charge on any atom is 0.309 e. The van der Waals surface area contributed by atoms with Crippen LogP contribution in [0, 0.1) is 5.92 Å². The van der Waals surface area contributed by atoms with Crippen molar-refractivity contribution in [2.75, 3.05) is 13.7 Å². The van der Waals surface area contributed by atoms with E-state index in [2.05, 4.69) is 0 Å². The number of rotatable bonds is 3. The number of benzene rings is 1. The second-order valence-electron chi connectivity index (χ2n) is 4.27. The molecule has 1 aliphatic rings. The third kappa shape index (κ3) is 2.60. The molecule has 0 saturated carbocycles. The molecule has 0 aromatic heterocycles. The van der Waals surface area contributed by atoms with Crippen LogP contribution >= 0.6 is 11.6 Å². The van der Waals surface area contributed by atoms with E-state index in [1.54, 1.807) is 18.2 Å². The number of carbonyl (C=O) groups is 1. The lowest BCUT2D eigenvalue weighted by Crippen LogP contribution is -2.28. The van der Waals surface area contributed by atoms with Crippen molar-refractivity contribution in [3.63, 3.8) is 0 Å². The number of halogens is 1. The highest BCUT2D eigenvalue weighted by atomic mass is 35.5. The van der Waals surface area contributed by atoms with Gasteiger partial charge in [0.05, 0.1) is 24.2 Å². The summed E-state index contributed by atoms with van der Waals surface area (Å²) in [6, 6.07) is 5.25. The zero-order valence-electron chi connectivity index (χ0n) is 10.1. The molecule has 0 amide bonds. The van der Waals surface area contributed by atoms with Crippen LogP contribution in [0.1, 0.15) is 24.5 Å². The summed E-state index contributed by atoms with van der Waals surface area (Å²) < 4.78 is 10.7. The highest BCUT2D eigenvalue weighted by molar-refractivity contribution is 6.32. The van der Waals surface area contributed by atoms with Gasteiger partial charge in [0.2, 0.25) is 0 Å². The Kier molecular flexibility index (Phi) is 4.09. The third-order valence-corrected chi connectivity index (χ3v) is 3.44. The third-order valence-electron chi connectivity index (χ3n) is 3.14. The van der Waals surface area contributed by atoms with E-state index < -0.39 is 18.0 Å². The average Bonchev–Trinajstić information content (AvgIpc) is 2.38. The van der Waals surface area contributed by atoms with Crippen molar-refractivity contribution >= 4 is 17.6 Å². The van der Waals surface area contributed by atoms with Crippen molar-refractivity contribution < 1.29 is 19.4 Å². The smallest absolute Gasteiger partial charge is 0.309 e. The SMILES string of the molecule is COc1ccc(C2OCCCC2C(=O)O)cc1Cl. The molecule has 1 aromatic carbocycles. The van der Waals surface area contributed by atoms with Crippen molar-refractivity contribution in [1.82, 2.24) is 0 Å². The van der Waals surface area contributed by atoms with E-state index in [1.807, 2.05) is 0 Å². The molecule has 1 heterocycles. The van der Waals surface area contributed by atoms with Gasteiger partial charge in [0.25, 0.3) is 0 Å². The second-order valence-corrected chi connectivity index (χ2v) is 4.68. The number of hydrogen-bond donors (Lipinski definition) is 1. The molecular weight excluding hydrogens is 256 g/mol. The molecule has 1 saturated heterocycles. The van der Waals surface area contributed by atoms with Crippen LogP contribution < -0.4 is 4.74 Å². The van der Waals surface area contributed by atoms with Crippen LogP contribution in [0.4, 0.5) is 0 Å². The lowest BCUT2D eigenvalue weighted by molar-refractivity contribution is -0.151. The number of aliphatic carboxylic acids is 1. The van der Waals surface area contributed by atoms with Crippen molar-refractivity contribution in [2.45, 2.75) is 18.9 Å². The number of methoxy groups -OCH3 is 1. The van der Waals surface area contributed by atoms with E-state index in [1.165, 1.54) is 7.11 Å². The Morgan fingerprint density at radius 2 is 2.33 bits per heavy atom. The number of ether oxygens (including phenoxy) is 2. The quantitative estimate of drug-likeness (QED) is 0.918. The molecule has 1 fully saturated rings. The normalized spacial score (nSPS) is 23.7. The van der Waals surface area contributed by atoms with Gasteiger partial charge in [-0.1, -0.05) is 17.7 Å². The van der Waals surface area contributed by atoms with Crippen molar-refractivity contribution in [2.24, 2.45) is 5.92 Å². The van der Waals surface area contributed by atoms with Gasteiger partial charge in [0.15, 0.2) is 0 Å². The summed E-state index contributed by atoms with van der Waals surface area (Å²) >= 11 is 6.05. The summed E-state index contributed by atoms with van der Waals surface area (Å²) in [4.78, 5) is 11.2. The molecule has 18 heavy (non-hydrogen) atoms. The highest BCUT2D eigenvalue weighted by Crippen LogP contribution is 2.36. The first-order valence-corrected chi connectivity index (χ1v) is 6.19. The summed E-state index contributed by atoms with van der Waals surface area (Å²) in [5, 5.41) is 9.67. The number of carboxylic acid groups (broad SMARTS) is 1. The van der Waals surface area contributed by atoms with Crippen LogP contribution in [0.5, 0.6) is 5.75 Å². The minimum atomic E-state index is -0.827. The van der Waals surface area contributed by atoms with E-state index >= 15 is 0 Å². The van der Waals surface area contributed by atoms with E-state index in [4.69, 9.17) is 21.1 Å². The molecule has 1 aromatic rings. The topological polar surface area (TPSA) is 55.8 Å². The van der Waals surface area contributed by atoms with Gasteiger partial charge in [-0.15, -0.1) is 0 Å². The summed E-state index contributed by atoms with van der Waals surface area (Å²) in [6.45, 7) is 0.581. The summed E-state index contributed by atoms with van der Waals surface area (Å²) in [5.74, 6) is -0.766. The predicted octanol–water partition coefficient (Wildman–Crippen LogP) is 2.90. The Bertz CT molecular complexity index is 447. The Balaban J connectivity index is 2.28. The molecule has 4 nitrogen and oxygen atoms in total.